The highest BCUT2D eigenvalue weighted by Crippen LogP contribution is 2.45. The van der Waals surface area contributed by atoms with Gasteiger partial charge in [-0.1, -0.05) is 48.5 Å². The molecule has 6 rings (SSSR count). The van der Waals surface area contributed by atoms with Crippen molar-refractivity contribution in [2.75, 3.05) is 19.8 Å². The molecule has 3 aromatic carbocycles. The molecule has 2 fully saturated rings. The first-order valence-electron chi connectivity index (χ1n) is 13.1. The second kappa shape index (κ2) is 10.1. The number of alkyl halides is 3. The first kappa shape index (κ1) is 26.1. The molecule has 40 heavy (non-hydrogen) atoms. The summed E-state index contributed by atoms with van der Waals surface area (Å²) in [4.78, 5) is 28.4. The van der Waals surface area contributed by atoms with Gasteiger partial charge in [0.1, 0.15) is 6.61 Å². The van der Waals surface area contributed by atoms with Gasteiger partial charge in [0.2, 0.25) is 0 Å². The van der Waals surface area contributed by atoms with Gasteiger partial charge in [0.15, 0.2) is 5.78 Å². The van der Waals surface area contributed by atoms with Gasteiger partial charge in [0.05, 0.1) is 42.5 Å². The molecule has 2 bridgehead atoms. The molecule has 0 spiro atoms. The maximum atomic E-state index is 13.4. The van der Waals surface area contributed by atoms with E-state index in [1.165, 1.54) is 0 Å². The lowest BCUT2D eigenvalue weighted by Gasteiger charge is -2.47. The Morgan fingerprint density at radius 1 is 0.950 bits per heavy atom. The van der Waals surface area contributed by atoms with Crippen molar-refractivity contribution in [1.82, 2.24) is 4.90 Å². The number of carbonyl (C=O) groups excluding carboxylic acids is 2. The summed E-state index contributed by atoms with van der Waals surface area (Å²) in [6.07, 6.45) is -4.72. The van der Waals surface area contributed by atoms with Crippen LogP contribution in [0.5, 0.6) is 0 Å². The van der Waals surface area contributed by atoms with E-state index in [2.05, 4.69) is 12.1 Å². The number of halogens is 3. The number of nitrogens with zero attached hydrogens (tertiary/aromatic N) is 2. The number of carbonyl (C=O) groups is 2. The van der Waals surface area contributed by atoms with Crippen molar-refractivity contribution in [3.8, 4) is 17.2 Å². The lowest BCUT2D eigenvalue weighted by Crippen LogP contribution is -2.60. The van der Waals surface area contributed by atoms with Crippen LogP contribution in [-0.2, 0) is 15.7 Å². The zero-order chi connectivity index (χ0) is 28.0. The summed E-state index contributed by atoms with van der Waals surface area (Å²) in [7, 11) is 0. The Balaban J connectivity index is 1.18. The van der Waals surface area contributed by atoms with E-state index < -0.39 is 41.6 Å². The van der Waals surface area contributed by atoms with Crippen LogP contribution in [0.3, 0.4) is 0 Å². The number of Topliss-reactive ketones (excluding diaryl/α,β-unsaturated/α-hetero) is 1. The van der Waals surface area contributed by atoms with E-state index in [-0.39, 0.29) is 49.7 Å². The summed E-state index contributed by atoms with van der Waals surface area (Å²) in [6, 6.07) is 19.6. The third-order valence-corrected chi connectivity index (χ3v) is 8.17. The molecule has 3 aromatic rings. The molecule has 2 unspecified atom stereocenters. The number of fused-ring (bicyclic) bond motifs is 5. The van der Waals surface area contributed by atoms with E-state index in [0.717, 1.165) is 40.5 Å². The van der Waals surface area contributed by atoms with E-state index in [9.17, 15) is 28.0 Å². The van der Waals surface area contributed by atoms with Gasteiger partial charge in [0.25, 0.3) is 0 Å². The minimum absolute atomic E-state index is 0.0987. The fourth-order valence-electron chi connectivity index (χ4n) is 6.34. The molecule has 9 heteroatoms. The van der Waals surface area contributed by atoms with E-state index in [1.807, 2.05) is 42.5 Å². The normalized spacial score (nSPS) is 21.8. The van der Waals surface area contributed by atoms with Crippen LogP contribution in [0, 0.1) is 17.2 Å². The highest BCUT2D eigenvalue weighted by molar-refractivity contribution is 6.00. The van der Waals surface area contributed by atoms with Gasteiger partial charge in [-0.15, -0.1) is 0 Å². The second-order valence-corrected chi connectivity index (χ2v) is 10.5. The Labute approximate surface area is 228 Å². The number of benzene rings is 3. The molecular weight excluding hydrogens is 521 g/mol. The number of ether oxygens (including phenoxy) is 2. The number of hydrogen-bond donors (Lipinski definition) is 0. The van der Waals surface area contributed by atoms with Crippen LogP contribution >= 0.6 is 0 Å². The Morgan fingerprint density at radius 3 is 2.12 bits per heavy atom. The van der Waals surface area contributed by atoms with Crippen molar-refractivity contribution in [2.45, 2.75) is 37.0 Å². The molecule has 0 N–H and O–H groups in total. The Morgan fingerprint density at radius 2 is 1.55 bits per heavy atom. The summed E-state index contributed by atoms with van der Waals surface area (Å²) in [6.45, 7) is 0.540. The van der Waals surface area contributed by atoms with Gasteiger partial charge >= 0.3 is 12.3 Å². The average molecular weight is 547 g/mol. The third-order valence-electron chi connectivity index (χ3n) is 8.17. The minimum Gasteiger partial charge on any atom is -0.448 e. The Kier molecular flexibility index (Phi) is 6.59. The van der Waals surface area contributed by atoms with Crippen molar-refractivity contribution in [3.63, 3.8) is 0 Å². The van der Waals surface area contributed by atoms with Crippen LogP contribution in [0.15, 0.2) is 66.7 Å². The maximum absolute atomic E-state index is 13.4. The third kappa shape index (κ3) is 4.52. The van der Waals surface area contributed by atoms with Crippen molar-refractivity contribution in [1.29, 1.82) is 5.26 Å². The Bertz CT molecular complexity index is 1470. The summed E-state index contributed by atoms with van der Waals surface area (Å²) >= 11 is 0. The molecule has 1 amide bonds. The number of rotatable bonds is 4. The molecule has 2 aliphatic heterocycles. The van der Waals surface area contributed by atoms with Gasteiger partial charge in [0, 0.05) is 17.4 Å². The second-order valence-electron chi connectivity index (χ2n) is 10.5. The van der Waals surface area contributed by atoms with E-state index in [4.69, 9.17) is 9.47 Å². The lowest BCUT2D eigenvalue weighted by atomic mass is 9.80. The SMILES string of the molecule is N#Cc1ccc(C(F)(F)F)cc1C(=O)C1CC2COCC(C1)N2C(=O)OCC1c2ccccc2-c2ccccc21. The molecule has 0 radical (unpaired) electrons. The molecule has 6 nitrogen and oxygen atoms in total. The molecule has 2 heterocycles. The number of ketones is 1. The van der Waals surface area contributed by atoms with Gasteiger partial charge < -0.3 is 9.47 Å². The molecule has 2 saturated heterocycles. The molecule has 2 atom stereocenters. The highest BCUT2D eigenvalue weighted by atomic mass is 19.4. The number of piperidine rings is 1. The predicted molar refractivity (Wildman–Crippen MR) is 139 cm³/mol. The first-order chi connectivity index (χ1) is 19.3. The van der Waals surface area contributed by atoms with Crippen LogP contribution in [0.25, 0.3) is 11.1 Å². The number of nitriles is 1. The standard InChI is InChI=1S/C31H25F3N2O4/c32-31(33,34)20-10-9-18(14-35)27(13-20)29(37)19-11-21-15-39-16-22(12-19)36(21)30(38)40-17-28-25-7-3-1-5-23(25)24-6-2-4-8-26(24)28/h1-10,13,19,21-22,28H,11-12,15-17H2. The summed E-state index contributed by atoms with van der Waals surface area (Å²) < 4.78 is 51.5. The highest BCUT2D eigenvalue weighted by Gasteiger charge is 2.45. The maximum Gasteiger partial charge on any atom is 0.416 e. The van der Waals surface area contributed by atoms with Crippen molar-refractivity contribution >= 4 is 11.9 Å². The summed E-state index contributed by atoms with van der Waals surface area (Å²) in [5, 5.41) is 9.43. The molecular formula is C31H25F3N2O4. The predicted octanol–water partition coefficient (Wildman–Crippen LogP) is 6.19. The van der Waals surface area contributed by atoms with Crippen molar-refractivity contribution in [2.24, 2.45) is 5.92 Å². The van der Waals surface area contributed by atoms with Crippen LogP contribution in [0.2, 0.25) is 0 Å². The van der Waals surface area contributed by atoms with Crippen molar-refractivity contribution < 1.29 is 32.2 Å². The van der Waals surface area contributed by atoms with Crippen molar-refractivity contribution in [3.05, 3.63) is 94.5 Å². The number of morpholine rings is 1. The smallest absolute Gasteiger partial charge is 0.416 e. The summed E-state index contributed by atoms with van der Waals surface area (Å²) in [5.74, 6) is -1.27. The first-order valence-corrected chi connectivity index (χ1v) is 13.1. The van der Waals surface area contributed by atoms with Gasteiger partial charge in [-0.25, -0.2) is 4.79 Å². The van der Waals surface area contributed by atoms with E-state index >= 15 is 0 Å². The van der Waals surface area contributed by atoms with Crippen LogP contribution in [-0.4, -0.2) is 48.7 Å². The molecule has 0 aromatic heterocycles. The lowest BCUT2D eigenvalue weighted by molar-refractivity contribution is -0.137. The fraction of sp³-hybridized carbons (Fsp3) is 0.323. The molecule has 1 aliphatic carbocycles. The fourth-order valence-corrected chi connectivity index (χ4v) is 6.34. The number of amides is 1. The monoisotopic (exact) mass is 546 g/mol. The average Bonchev–Trinajstić information content (AvgIpc) is 3.27. The zero-order valence-electron chi connectivity index (χ0n) is 21.4. The molecule has 0 saturated carbocycles. The summed E-state index contributed by atoms with van der Waals surface area (Å²) in [5.41, 5.74) is 3.12. The number of hydrogen-bond acceptors (Lipinski definition) is 5. The van der Waals surface area contributed by atoms with Crippen LogP contribution in [0.1, 0.15) is 51.4 Å². The zero-order valence-corrected chi connectivity index (χ0v) is 21.4. The van der Waals surface area contributed by atoms with Gasteiger partial charge in [-0.3, -0.25) is 9.69 Å². The Hall–Kier alpha value is -4.16. The topological polar surface area (TPSA) is 79.6 Å². The van der Waals surface area contributed by atoms with Crippen LogP contribution < -0.4 is 0 Å². The van der Waals surface area contributed by atoms with Gasteiger partial charge in [-0.05, 0) is 53.3 Å². The van der Waals surface area contributed by atoms with Crippen LogP contribution in [0.4, 0.5) is 18.0 Å². The molecule has 3 aliphatic rings. The van der Waals surface area contributed by atoms with E-state index in [1.54, 1.807) is 4.90 Å². The quantitative estimate of drug-likeness (QED) is 0.365. The minimum atomic E-state index is -4.64. The molecule has 204 valence electrons. The van der Waals surface area contributed by atoms with E-state index in [0.29, 0.717) is 0 Å². The van der Waals surface area contributed by atoms with Gasteiger partial charge in [-0.2, -0.15) is 18.4 Å². The largest absolute Gasteiger partial charge is 0.448 e.